The van der Waals surface area contributed by atoms with Crippen molar-refractivity contribution in [2.45, 2.75) is 19.3 Å². The Kier molecular flexibility index (Phi) is 8.56. The van der Waals surface area contributed by atoms with Crippen LogP contribution in [0, 0.1) is 5.82 Å². The molecule has 0 amide bonds. The van der Waals surface area contributed by atoms with Crippen molar-refractivity contribution in [3.63, 3.8) is 0 Å². The van der Waals surface area contributed by atoms with Crippen molar-refractivity contribution >= 4 is 29.9 Å². The molecule has 0 spiro atoms. The number of alkyl halides is 2. The van der Waals surface area contributed by atoms with Crippen LogP contribution in [0.4, 0.5) is 13.2 Å². The van der Waals surface area contributed by atoms with Crippen molar-refractivity contribution in [1.29, 1.82) is 0 Å². The summed E-state index contributed by atoms with van der Waals surface area (Å²) in [5.41, 5.74) is 0.963. The predicted octanol–water partition coefficient (Wildman–Crippen LogP) is 2.93. The number of benzene rings is 1. The molecule has 2 heterocycles. The summed E-state index contributed by atoms with van der Waals surface area (Å²) < 4.78 is 51.2. The highest BCUT2D eigenvalue weighted by Crippen LogP contribution is 2.24. The zero-order valence-electron chi connectivity index (χ0n) is 16.0. The number of aromatic nitrogens is 2. The van der Waals surface area contributed by atoms with Gasteiger partial charge in [0.25, 0.3) is 0 Å². The number of hydrogen-bond donors (Lipinski definition) is 1. The molecule has 11 heteroatoms. The molecule has 1 aromatic heterocycles. The van der Waals surface area contributed by atoms with E-state index in [9.17, 15) is 13.2 Å². The number of aryl methyl sites for hydroxylation is 1. The zero-order valence-corrected chi connectivity index (χ0v) is 18.3. The lowest BCUT2D eigenvalue weighted by atomic mass is 10.1. The predicted molar refractivity (Wildman–Crippen MR) is 112 cm³/mol. The second kappa shape index (κ2) is 10.7. The minimum Gasteiger partial charge on any atom is -0.434 e. The van der Waals surface area contributed by atoms with E-state index in [0.29, 0.717) is 25.7 Å². The van der Waals surface area contributed by atoms with Gasteiger partial charge in [-0.1, -0.05) is 6.07 Å². The smallest absolute Gasteiger partial charge is 0.387 e. The molecule has 3 rings (SSSR count). The van der Waals surface area contributed by atoms with E-state index >= 15 is 0 Å². The maximum atomic E-state index is 14.1. The molecule has 1 atom stereocenters. The van der Waals surface area contributed by atoms with Gasteiger partial charge in [0.15, 0.2) is 5.96 Å². The van der Waals surface area contributed by atoms with Gasteiger partial charge in [-0.15, -0.1) is 24.0 Å². The van der Waals surface area contributed by atoms with E-state index in [2.05, 4.69) is 20.1 Å². The fourth-order valence-electron chi connectivity index (χ4n) is 3.07. The Morgan fingerprint density at radius 1 is 1.45 bits per heavy atom. The SMILES string of the molecule is CN=C(NCc1c(F)cccc1OC(F)F)N1CCOC(c2cnn(C)c2)C1.I. The van der Waals surface area contributed by atoms with Crippen molar-refractivity contribution in [2.75, 3.05) is 26.7 Å². The van der Waals surface area contributed by atoms with E-state index in [0.717, 1.165) is 5.56 Å². The summed E-state index contributed by atoms with van der Waals surface area (Å²) in [6, 6.07) is 3.83. The summed E-state index contributed by atoms with van der Waals surface area (Å²) in [4.78, 5) is 6.19. The van der Waals surface area contributed by atoms with Crippen LogP contribution in [0.3, 0.4) is 0 Å². The minimum atomic E-state index is -3.03. The molecular weight excluding hydrogens is 502 g/mol. The van der Waals surface area contributed by atoms with Crippen LogP contribution in [0.25, 0.3) is 0 Å². The van der Waals surface area contributed by atoms with Crippen molar-refractivity contribution in [1.82, 2.24) is 20.0 Å². The number of halogens is 4. The highest BCUT2D eigenvalue weighted by Gasteiger charge is 2.25. The van der Waals surface area contributed by atoms with Crippen LogP contribution in [0.2, 0.25) is 0 Å². The van der Waals surface area contributed by atoms with E-state index in [-0.39, 0.29) is 47.9 Å². The van der Waals surface area contributed by atoms with E-state index in [1.165, 1.54) is 18.2 Å². The molecule has 1 aromatic carbocycles. The van der Waals surface area contributed by atoms with Gasteiger partial charge < -0.3 is 19.7 Å². The lowest BCUT2D eigenvalue weighted by molar-refractivity contribution is -0.0506. The normalized spacial score (nSPS) is 17.2. The third-order valence-electron chi connectivity index (χ3n) is 4.39. The van der Waals surface area contributed by atoms with E-state index < -0.39 is 12.4 Å². The van der Waals surface area contributed by atoms with Gasteiger partial charge in [-0.2, -0.15) is 13.9 Å². The molecule has 29 heavy (non-hydrogen) atoms. The van der Waals surface area contributed by atoms with Crippen molar-refractivity contribution < 1.29 is 22.6 Å². The molecule has 0 aliphatic carbocycles. The van der Waals surface area contributed by atoms with E-state index in [1.54, 1.807) is 17.9 Å². The van der Waals surface area contributed by atoms with Crippen LogP contribution >= 0.6 is 24.0 Å². The molecule has 0 saturated carbocycles. The Bertz CT molecular complexity index is 834. The lowest BCUT2D eigenvalue weighted by Crippen LogP contribution is -2.48. The van der Waals surface area contributed by atoms with Crippen LogP contribution in [0.15, 0.2) is 35.6 Å². The maximum Gasteiger partial charge on any atom is 0.387 e. The Morgan fingerprint density at radius 3 is 2.90 bits per heavy atom. The summed E-state index contributed by atoms with van der Waals surface area (Å²) in [6.07, 6.45) is 3.46. The summed E-state index contributed by atoms with van der Waals surface area (Å²) in [7, 11) is 3.44. The quantitative estimate of drug-likeness (QED) is 0.370. The number of guanidine groups is 1. The van der Waals surface area contributed by atoms with Crippen molar-refractivity contribution in [2.24, 2.45) is 12.0 Å². The molecule has 1 aliphatic heterocycles. The zero-order chi connectivity index (χ0) is 20.1. The molecule has 1 N–H and O–H groups in total. The number of rotatable bonds is 5. The first-order chi connectivity index (χ1) is 13.5. The van der Waals surface area contributed by atoms with Crippen LogP contribution in [-0.2, 0) is 18.3 Å². The highest BCUT2D eigenvalue weighted by atomic mass is 127. The Labute approximate surface area is 183 Å². The van der Waals surface area contributed by atoms with Gasteiger partial charge >= 0.3 is 6.61 Å². The first-order valence-corrected chi connectivity index (χ1v) is 8.76. The minimum absolute atomic E-state index is 0. The largest absolute Gasteiger partial charge is 0.434 e. The fourth-order valence-corrected chi connectivity index (χ4v) is 3.07. The van der Waals surface area contributed by atoms with Gasteiger partial charge in [0.05, 0.1) is 19.3 Å². The second-order valence-electron chi connectivity index (χ2n) is 6.25. The standard InChI is InChI=1S/C18H22F3N5O2.HI/c1-22-18(23-9-13-14(19)4-3-5-15(13)28-17(20)21)26-6-7-27-16(11-26)12-8-24-25(2)10-12;/h3-5,8,10,16-17H,6-7,9,11H2,1-2H3,(H,22,23);1H. The number of aliphatic imine (C=N–C) groups is 1. The molecule has 2 aromatic rings. The van der Waals surface area contributed by atoms with Gasteiger partial charge in [-0.05, 0) is 12.1 Å². The Hall–Kier alpha value is -2.02. The topological polar surface area (TPSA) is 63.9 Å². The summed E-state index contributed by atoms with van der Waals surface area (Å²) in [6.45, 7) is -1.47. The summed E-state index contributed by atoms with van der Waals surface area (Å²) in [5.74, 6) is -0.312. The molecule has 7 nitrogen and oxygen atoms in total. The number of nitrogens with one attached hydrogen (secondary N) is 1. The lowest BCUT2D eigenvalue weighted by Gasteiger charge is -2.34. The van der Waals surface area contributed by atoms with E-state index in [1.807, 2.05) is 18.1 Å². The third kappa shape index (κ3) is 5.98. The van der Waals surface area contributed by atoms with Gasteiger partial charge in [0.2, 0.25) is 0 Å². The van der Waals surface area contributed by atoms with Crippen molar-refractivity contribution in [3.05, 3.63) is 47.5 Å². The highest BCUT2D eigenvalue weighted by molar-refractivity contribution is 14.0. The molecule has 1 aliphatic rings. The molecule has 160 valence electrons. The van der Waals surface area contributed by atoms with Crippen molar-refractivity contribution in [3.8, 4) is 5.75 Å². The van der Waals surface area contributed by atoms with Gasteiger partial charge in [-0.25, -0.2) is 4.39 Å². The summed E-state index contributed by atoms with van der Waals surface area (Å²) >= 11 is 0. The molecule has 0 bridgehead atoms. The third-order valence-corrected chi connectivity index (χ3v) is 4.39. The fraction of sp³-hybridized carbons (Fsp3) is 0.444. The first-order valence-electron chi connectivity index (χ1n) is 8.76. The second-order valence-corrected chi connectivity index (χ2v) is 6.25. The van der Waals surface area contributed by atoms with Crippen LogP contribution < -0.4 is 10.1 Å². The van der Waals surface area contributed by atoms with Crippen LogP contribution in [0.1, 0.15) is 17.2 Å². The summed E-state index contributed by atoms with van der Waals surface area (Å²) in [5, 5.41) is 7.18. The monoisotopic (exact) mass is 525 g/mol. The molecular formula is C18H23F3IN5O2. The maximum absolute atomic E-state index is 14.1. The van der Waals surface area contributed by atoms with Gasteiger partial charge in [0.1, 0.15) is 17.7 Å². The number of ether oxygens (including phenoxy) is 2. The molecule has 1 fully saturated rings. The number of hydrogen-bond acceptors (Lipinski definition) is 4. The van der Waals surface area contributed by atoms with Crippen LogP contribution in [-0.4, -0.2) is 54.0 Å². The Morgan fingerprint density at radius 2 is 2.24 bits per heavy atom. The first kappa shape index (κ1) is 23.3. The van der Waals surface area contributed by atoms with Crippen LogP contribution in [0.5, 0.6) is 5.75 Å². The number of morpholine rings is 1. The molecule has 1 saturated heterocycles. The Balaban J connectivity index is 0.00000300. The molecule has 0 radical (unpaired) electrons. The van der Waals surface area contributed by atoms with Gasteiger partial charge in [0, 0.05) is 44.5 Å². The molecule has 1 unspecified atom stereocenters. The number of nitrogens with zero attached hydrogens (tertiary/aromatic N) is 4. The average molecular weight is 525 g/mol. The average Bonchev–Trinajstić information content (AvgIpc) is 3.10. The van der Waals surface area contributed by atoms with Gasteiger partial charge in [-0.3, -0.25) is 9.67 Å². The van der Waals surface area contributed by atoms with E-state index in [4.69, 9.17) is 4.74 Å².